The summed E-state index contributed by atoms with van der Waals surface area (Å²) in [4.78, 5) is 34.5. The van der Waals surface area contributed by atoms with Crippen LogP contribution in [-0.2, 0) is 9.59 Å². The molecular formula is C11H10Br3N3O4. The van der Waals surface area contributed by atoms with Crippen molar-refractivity contribution in [2.24, 2.45) is 5.73 Å². The number of urea groups is 1. The highest BCUT2D eigenvalue weighted by atomic mass is 79.9. The predicted molar refractivity (Wildman–Crippen MR) is 87.0 cm³/mol. The van der Waals surface area contributed by atoms with E-state index in [-0.39, 0.29) is 0 Å². The second-order valence-electron chi connectivity index (χ2n) is 3.89. The Morgan fingerprint density at radius 1 is 1.14 bits per heavy atom. The van der Waals surface area contributed by atoms with Crippen LogP contribution in [0.25, 0.3) is 0 Å². The van der Waals surface area contributed by atoms with E-state index in [4.69, 9.17) is 10.8 Å². The van der Waals surface area contributed by atoms with Crippen LogP contribution in [0.4, 0.5) is 10.5 Å². The van der Waals surface area contributed by atoms with E-state index in [1.54, 1.807) is 12.1 Å². The van der Waals surface area contributed by atoms with E-state index in [9.17, 15) is 14.4 Å². The third kappa shape index (κ3) is 5.64. The van der Waals surface area contributed by atoms with E-state index < -0.39 is 31.0 Å². The number of halogens is 3. The van der Waals surface area contributed by atoms with Crippen LogP contribution in [0, 0.1) is 0 Å². The van der Waals surface area contributed by atoms with Crippen LogP contribution in [0.2, 0.25) is 0 Å². The van der Waals surface area contributed by atoms with Gasteiger partial charge >= 0.3 is 12.0 Å². The summed E-state index contributed by atoms with van der Waals surface area (Å²) in [6.07, 6.45) is 0. The van der Waals surface area contributed by atoms with Crippen LogP contribution < -0.4 is 11.1 Å². The number of carbonyl (C=O) groups is 3. The van der Waals surface area contributed by atoms with E-state index in [1.165, 1.54) is 0 Å². The number of hydrogen-bond acceptors (Lipinski definition) is 3. The molecule has 0 aliphatic heterocycles. The van der Waals surface area contributed by atoms with E-state index in [0.29, 0.717) is 14.6 Å². The Bertz CT molecular complexity index is 555. The molecule has 0 saturated carbocycles. The van der Waals surface area contributed by atoms with Crippen molar-refractivity contribution in [1.29, 1.82) is 0 Å². The summed E-state index contributed by atoms with van der Waals surface area (Å²) < 4.78 is 1.93. The summed E-state index contributed by atoms with van der Waals surface area (Å²) in [7, 11) is 0. The van der Waals surface area contributed by atoms with Gasteiger partial charge in [-0.2, -0.15) is 0 Å². The number of nitrogens with one attached hydrogen (secondary N) is 1. The second kappa shape index (κ2) is 7.76. The molecule has 1 aromatic carbocycles. The lowest BCUT2D eigenvalue weighted by atomic mass is 10.3. The predicted octanol–water partition coefficient (Wildman–Crippen LogP) is 2.38. The summed E-state index contributed by atoms with van der Waals surface area (Å²) >= 11 is 9.84. The Balaban J connectivity index is 2.96. The third-order valence-electron chi connectivity index (χ3n) is 2.20. The standard InChI is InChI=1S/C11H10Br3N3O4/c12-5-1-6(13)10(7(14)2-5)16-11(21)17(3-8(15)18)4-9(19)20/h1-2H,3-4H2,(H2,15,18)(H,16,21)(H,19,20). The van der Waals surface area contributed by atoms with Gasteiger partial charge in [-0.05, 0) is 44.0 Å². The molecule has 1 aromatic rings. The first-order valence-electron chi connectivity index (χ1n) is 5.41. The van der Waals surface area contributed by atoms with Gasteiger partial charge < -0.3 is 21.1 Å². The van der Waals surface area contributed by atoms with Gasteiger partial charge in [0.1, 0.15) is 13.1 Å². The Morgan fingerprint density at radius 3 is 2.10 bits per heavy atom. The van der Waals surface area contributed by atoms with Crippen LogP contribution in [0.1, 0.15) is 0 Å². The normalized spacial score (nSPS) is 10.0. The SMILES string of the molecule is NC(=O)CN(CC(=O)O)C(=O)Nc1c(Br)cc(Br)cc1Br. The number of benzene rings is 1. The van der Waals surface area contributed by atoms with E-state index in [0.717, 1.165) is 9.37 Å². The third-order valence-corrected chi connectivity index (χ3v) is 3.91. The summed E-state index contributed by atoms with van der Waals surface area (Å²) in [6.45, 7) is -1.13. The summed E-state index contributed by atoms with van der Waals surface area (Å²) in [5.41, 5.74) is 5.41. The molecule has 114 valence electrons. The molecule has 0 fully saturated rings. The number of amides is 3. The first-order valence-corrected chi connectivity index (χ1v) is 7.79. The molecule has 0 heterocycles. The molecule has 10 heteroatoms. The van der Waals surface area contributed by atoms with Crippen LogP contribution in [0.3, 0.4) is 0 Å². The molecule has 0 spiro atoms. The van der Waals surface area contributed by atoms with Crippen LogP contribution in [-0.4, -0.2) is 41.0 Å². The molecule has 0 atom stereocenters. The molecule has 3 amide bonds. The molecular weight excluding hydrogens is 478 g/mol. The van der Waals surface area contributed by atoms with Crippen molar-refractivity contribution in [2.45, 2.75) is 0 Å². The highest BCUT2D eigenvalue weighted by Crippen LogP contribution is 2.34. The maximum absolute atomic E-state index is 12.1. The highest BCUT2D eigenvalue weighted by Gasteiger charge is 2.20. The van der Waals surface area contributed by atoms with Crippen molar-refractivity contribution in [1.82, 2.24) is 4.90 Å². The average Bonchev–Trinajstić information content (AvgIpc) is 2.31. The van der Waals surface area contributed by atoms with Crippen LogP contribution >= 0.6 is 47.8 Å². The highest BCUT2D eigenvalue weighted by molar-refractivity contribution is 9.11. The fourth-order valence-corrected chi connectivity index (χ4v) is 3.86. The van der Waals surface area contributed by atoms with Crippen molar-refractivity contribution in [3.8, 4) is 0 Å². The Morgan fingerprint density at radius 2 is 1.67 bits per heavy atom. The fraction of sp³-hybridized carbons (Fsp3) is 0.182. The number of carboxylic acid groups (broad SMARTS) is 1. The Hall–Kier alpha value is -1.13. The molecule has 1 rings (SSSR count). The van der Waals surface area contributed by atoms with Gasteiger partial charge in [-0.15, -0.1) is 0 Å². The zero-order valence-corrected chi connectivity index (χ0v) is 15.2. The topological polar surface area (TPSA) is 113 Å². The molecule has 4 N–H and O–H groups in total. The van der Waals surface area contributed by atoms with Gasteiger partial charge in [-0.3, -0.25) is 9.59 Å². The summed E-state index contributed by atoms with van der Waals surface area (Å²) in [5, 5.41) is 11.3. The van der Waals surface area contributed by atoms with Gasteiger partial charge in [0.2, 0.25) is 5.91 Å². The Kier molecular flexibility index (Phi) is 6.62. The number of nitrogens with zero attached hydrogens (tertiary/aromatic N) is 1. The molecule has 0 unspecified atom stereocenters. The first kappa shape index (κ1) is 17.9. The smallest absolute Gasteiger partial charge is 0.323 e. The molecule has 0 radical (unpaired) electrons. The maximum Gasteiger partial charge on any atom is 0.323 e. The number of nitrogens with two attached hydrogens (primary N) is 1. The number of rotatable bonds is 5. The largest absolute Gasteiger partial charge is 0.480 e. The quantitative estimate of drug-likeness (QED) is 0.591. The lowest BCUT2D eigenvalue weighted by Gasteiger charge is -2.20. The zero-order chi connectivity index (χ0) is 16.2. The first-order chi connectivity index (χ1) is 9.70. The van der Waals surface area contributed by atoms with Gasteiger partial charge in [0, 0.05) is 13.4 Å². The van der Waals surface area contributed by atoms with Gasteiger partial charge in [0.05, 0.1) is 5.69 Å². The number of anilines is 1. The Labute approximate surface area is 145 Å². The maximum atomic E-state index is 12.1. The molecule has 21 heavy (non-hydrogen) atoms. The van der Waals surface area contributed by atoms with Crippen LogP contribution in [0.5, 0.6) is 0 Å². The van der Waals surface area contributed by atoms with E-state index in [1.807, 2.05) is 0 Å². The number of aliphatic carboxylic acids is 1. The van der Waals surface area contributed by atoms with Gasteiger partial charge in [0.25, 0.3) is 0 Å². The number of hydrogen-bond donors (Lipinski definition) is 3. The van der Waals surface area contributed by atoms with Crippen LogP contribution in [0.15, 0.2) is 25.6 Å². The molecule has 0 aromatic heterocycles. The van der Waals surface area contributed by atoms with Gasteiger partial charge in [-0.1, -0.05) is 15.9 Å². The lowest BCUT2D eigenvalue weighted by molar-refractivity contribution is -0.137. The zero-order valence-electron chi connectivity index (χ0n) is 10.4. The van der Waals surface area contributed by atoms with Crippen molar-refractivity contribution in [3.05, 3.63) is 25.6 Å². The summed E-state index contributed by atoms with van der Waals surface area (Å²) in [5.74, 6) is -2.05. The van der Waals surface area contributed by atoms with Crippen molar-refractivity contribution < 1.29 is 19.5 Å². The summed E-state index contributed by atoms with van der Waals surface area (Å²) in [6, 6.07) is 2.66. The fourth-order valence-electron chi connectivity index (χ4n) is 1.40. The van der Waals surface area contributed by atoms with Crippen molar-refractivity contribution in [2.75, 3.05) is 18.4 Å². The van der Waals surface area contributed by atoms with Gasteiger partial charge in [0.15, 0.2) is 0 Å². The molecule has 0 saturated heterocycles. The minimum atomic E-state index is -1.25. The number of carbonyl (C=O) groups excluding carboxylic acids is 2. The average molecular weight is 488 g/mol. The molecule has 0 bridgehead atoms. The van der Waals surface area contributed by atoms with Crippen molar-refractivity contribution in [3.63, 3.8) is 0 Å². The molecule has 0 aliphatic carbocycles. The van der Waals surface area contributed by atoms with E-state index >= 15 is 0 Å². The number of carboxylic acids is 1. The second-order valence-corrected chi connectivity index (χ2v) is 6.52. The molecule has 0 aliphatic rings. The van der Waals surface area contributed by atoms with Gasteiger partial charge in [-0.25, -0.2) is 4.79 Å². The number of primary amides is 1. The minimum Gasteiger partial charge on any atom is -0.480 e. The van der Waals surface area contributed by atoms with E-state index in [2.05, 4.69) is 53.1 Å². The molecule has 7 nitrogen and oxygen atoms in total. The monoisotopic (exact) mass is 485 g/mol. The van der Waals surface area contributed by atoms with Crippen molar-refractivity contribution >= 4 is 71.4 Å². The lowest BCUT2D eigenvalue weighted by Crippen LogP contribution is -2.43. The minimum absolute atomic E-state index is 0.406.